The fourth-order valence-corrected chi connectivity index (χ4v) is 1.97. The minimum atomic E-state index is 0. The van der Waals surface area contributed by atoms with Gasteiger partial charge in [-0.2, -0.15) is 0 Å². The zero-order valence-electron chi connectivity index (χ0n) is 10.4. The molecule has 0 aliphatic carbocycles. The second-order valence-electron chi connectivity index (χ2n) is 4.19. The van der Waals surface area contributed by atoms with Crippen LogP contribution in [-0.2, 0) is 4.79 Å². The van der Waals surface area contributed by atoms with E-state index in [4.69, 9.17) is 11.6 Å². The van der Waals surface area contributed by atoms with Gasteiger partial charge in [-0.3, -0.25) is 9.69 Å². The maximum Gasteiger partial charge on any atom is 0.223 e. The van der Waals surface area contributed by atoms with Crippen LogP contribution in [0.2, 0.25) is 0 Å². The SMILES string of the molecule is CC1CCC(=O)N1CC#CCN(C)CCCl.Cl. The molecule has 1 fully saturated rings. The number of hydrogen-bond donors (Lipinski definition) is 0. The topological polar surface area (TPSA) is 23.6 Å². The van der Waals surface area contributed by atoms with Gasteiger partial charge in [-0.05, 0) is 20.4 Å². The predicted octanol–water partition coefficient (Wildman–Crippen LogP) is 1.59. The van der Waals surface area contributed by atoms with E-state index in [-0.39, 0.29) is 18.3 Å². The molecule has 0 spiro atoms. The molecule has 17 heavy (non-hydrogen) atoms. The van der Waals surface area contributed by atoms with E-state index in [1.807, 2.05) is 11.9 Å². The summed E-state index contributed by atoms with van der Waals surface area (Å²) in [6.45, 7) is 4.19. The summed E-state index contributed by atoms with van der Waals surface area (Å²) in [5, 5.41) is 0. The molecule has 0 N–H and O–H groups in total. The van der Waals surface area contributed by atoms with Gasteiger partial charge in [-0.25, -0.2) is 0 Å². The van der Waals surface area contributed by atoms with Crippen LogP contribution in [0.3, 0.4) is 0 Å². The van der Waals surface area contributed by atoms with Crippen LogP contribution in [0.4, 0.5) is 0 Å². The van der Waals surface area contributed by atoms with E-state index in [0.717, 1.165) is 13.0 Å². The third-order valence-corrected chi connectivity index (χ3v) is 2.99. The summed E-state index contributed by atoms with van der Waals surface area (Å²) in [7, 11) is 1.99. The highest BCUT2D eigenvalue weighted by molar-refractivity contribution is 6.18. The first-order chi connectivity index (χ1) is 7.65. The van der Waals surface area contributed by atoms with E-state index in [1.165, 1.54) is 0 Å². The Hall–Kier alpha value is -0.430. The smallest absolute Gasteiger partial charge is 0.223 e. The summed E-state index contributed by atoms with van der Waals surface area (Å²) in [6.07, 6.45) is 1.64. The highest BCUT2D eigenvalue weighted by atomic mass is 35.5. The normalized spacial score (nSPS) is 18.9. The van der Waals surface area contributed by atoms with E-state index in [9.17, 15) is 4.79 Å². The molecule has 1 heterocycles. The minimum absolute atomic E-state index is 0. The molecule has 0 saturated carbocycles. The van der Waals surface area contributed by atoms with Crippen LogP contribution in [0.15, 0.2) is 0 Å². The average molecular weight is 279 g/mol. The predicted molar refractivity (Wildman–Crippen MR) is 73.7 cm³/mol. The second-order valence-corrected chi connectivity index (χ2v) is 4.57. The fraction of sp³-hybridized carbons (Fsp3) is 0.750. The molecule has 0 aromatic heterocycles. The zero-order valence-corrected chi connectivity index (χ0v) is 12.0. The van der Waals surface area contributed by atoms with Gasteiger partial charge in [0, 0.05) is 24.9 Å². The largest absolute Gasteiger partial charge is 0.329 e. The van der Waals surface area contributed by atoms with Crippen molar-refractivity contribution in [2.24, 2.45) is 0 Å². The van der Waals surface area contributed by atoms with Gasteiger partial charge in [-0.1, -0.05) is 11.8 Å². The minimum Gasteiger partial charge on any atom is -0.329 e. The Bertz CT molecular complexity index is 299. The van der Waals surface area contributed by atoms with Crippen LogP contribution in [0.25, 0.3) is 0 Å². The van der Waals surface area contributed by atoms with Crippen LogP contribution in [0, 0.1) is 11.8 Å². The third-order valence-electron chi connectivity index (χ3n) is 2.82. The molecule has 5 heteroatoms. The second kappa shape index (κ2) is 8.63. The van der Waals surface area contributed by atoms with Crippen LogP contribution in [-0.4, -0.2) is 54.3 Å². The molecule has 1 rings (SSSR count). The molecular weight excluding hydrogens is 259 g/mol. The average Bonchev–Trinajstić information content (AvgIpc) is 2.55. The van der Waals surface area contributed by atoms with E-state index in [0.29, 0.717) is 31.4 Å². The lowest BCUT2D eigenvalue weighted by Crippen LogP contribution is -2.31. The maximum atomic E-state index is 11.4. The lowest BCUT2D eigenvalue weighted by atomic mass is 10.2. The molecule has 1 saturated heterocycles. The highest BCUT2D eigenvalue weighted by Gasteiger charge is 2.26. The van der Waals surface area contributed by atoms with Crippen molar-refractivity contribution in [1.82, 2.24) is 9.80 Å². The number of carbonyl (C=O) groups is 1. The monoisotopic (exact) mass is 278 g/mol. The van der Waals surface area contributed by atoms with Gasteiger partial charge in [0.2, 0.25) is 5.91 Å². The number of hydrogen-bond acceptors (Lipinski definition) is 2. The molecule has 1 aliphatic rings. The number of carbonyl (C=O) groups excluding carboxylic acids is 1. The van der Waals surface area contributed by atoms with Crippen molar-refractivity contribution in [3.63, 3.8) is 0 Å². The molecule has 3 nitrogen and oxygen atoms in total. The van der Waals surface area contributed by atoms with Crippen molar-refractivity contribution >= 4 is 29.9 Å². The van der Waals surface area contributed by atoms with Gasteiger partial charge in [0.25, 0.3) is 0 Å². The Labute approximate surface area is 115 Å². The number of alkyl halides is 1. The summed E-state index contributed by atoms with van der Waals surface area (Å²) in [5.74, 6) is 6.97. The molecule has 0 aromatic carbocycles. The van der Waals surface area contributed by atoms with E-state index in [1.54, 1.807) is 0 Å². The molecule has 1 atom stereocenters. The molecular formula is C12H20Cl2N2O. The summed E-state index contributed by atoms with van der Waals surface area (Å²) in [4.78, 5) is 15.4. The summed E-state index contributed by atoms with van der Waals surface area (Å²) in [5.41, 5.74) is 0. The first-order valence-electron chi connectivity index (χ1n) is 5.65. The fourth-order valence-electron chi connectivity index (χ4n) is 1.68. The first-order valence-corrected chi connectivity index (χ1v) is 6.18. The maximum absolute atomic E-state index is 11.4. The van der Waals surface area contributed by atoms with Crippen molar-refractivity contribution in [1.29, 1.82) is 0 Å². The number of halogens is 2. The van der Waals surface area contributed by atoms with Crippen molar-refractivity contribution in [2.45, 2.75) is 25.8 Å². The summed E-state index contributed by atoms with van der Waals surface area (Å²) >= 11 is 5.61. The number of rotatable bonds is 4. The van der Waals surface area contributed by atoms with E-state index < -0.39 is 0 Å². The van der Waals surface area contributed by atoms with Crippen LogP contribution in [0.5, 0.6) is 0 Å². The Morgan fingerprint density at radius 2 is 2.24 bits per heavy atom. The van der Waals surface area contributed by atoms with E-state index >= 15 is 0 Å². The van der Waals surface area contributed by atoms with Crippen molar-refractivity contribution in [3.05, 3.63) is 0 Å². The van der Waals surface area contributed by atoms with Crippen LogP contribution >= 0.6 is 24.0 Å². The Morgan fingerprint density at radius 1 is 1.53 bits per heavy atom. The highest BCUT2D eigenvalue weighted by Crippen LogP contribution is 2.16. The molecule has 1 unspecified atom stereocenters. The Morgan fingerprint density at radius 3 is 2.76 bits per heavy atom. The zero-order chi connectivity index (χ0) is 12.0. The lowest BCUT2D eigenvalue weighted by Gasteiger charge is -2.18. The molecule has 0 bridgehead atoms. The van der Waals surface area contributed by atoms with Crippen LogP contribution < -0.4 is 0 Å². The van der Waals surface area contributed by atoms with E-state index in [2.05, 4.69) is 23.7 Å². The number of nitrogens with zero attached hydrogens (tertiary/aromatic N) is 2. The Kier molecular flexibility index (Phi) is 8.41. The molecule has 0 radical (unpaired) electrons. The van der Waals surface area contributed by atoms with Gasteiger partial charge < -0.3 is 4.90 Å². The number of likely N-dealkylation sites (tertiary alicyclic amines) is 1. The first kappa shape index (κ1) is 16.6. The Balaban J connectivity index is 0.00000256. The van der Waals surface area contributed by atoms with Crippen molar-refractivity contribution in [2.75, 3.05) is 32.6 Å². The van der Waals surface area contributed by atoms with Crippen molar-refractivity contribution in [3.8, 4) is 11.8 Å². The third kappa shape index (κ3) is 5.63. The van der Waals surface area contributed by atoms with Gasteiger partial charge in [0.15, 0.2) is 0 Å². The molecule has 0 aromatic rings. The van der Waals surface area contributed by atoms with Gasteiger partial charge >= 0.3 is 0 Å². The number of amides is 1. The molecule has 98 valence electrons. The van der Waals surface area contributed by atoms with Gasteiger partial charge in [0.05, 0.1) is 13.1 Å². The lowest BCUT2D eigenvalue weighted by molar-refractivity contribution is -0.128. The summed E-state index contributed by atoms with van der Waals surface area (Å²) < 4.78 is 0. The van der Waals surface area contributed by atoms with Crippen LogP contribution in [0.1, 0.15) is 19.8 Å². The van der Waals surface area contributed by atoms with Gasteiger partial charge in [0.1, 0.15) is 0 Å². The molecule has 1 amide bonds. The quantitative estimate of drug-likeness (QED) is 0.576. The molecule has 1 aliphatic heterocycles. The standard InChI is InChI=1S/C12H19ClN2O.ClH/c1-11-5-6-12(16)15(11)9-4-3-8-14(2)10-7-13;/h11H,5-10H2,1-2H3;1H. The van der Waals surface area contributed by atoms with Crippen molar-refractivity contribution < 1.29 is 4.79 Å². The van der Waals surface area contributed by atoms with Gasteiger partial charge in [-0.15, -0.1) is 24.0 Å². The summed E-state index contributed by atoms with van der Waals surface area (Å²) in [6, 6.07) is 0.349.